The minimum Gasteiger partial charge on any atom is -0.481 e. The summed E-state index contributed by atoms with van der Waals surface area (Å²) < 4.78 is 16.0. The molecule has 3 N–H and O–H groups in total. The molecule has 0 spiro atoms. The maximum atomic E-state index is 15.7. The largest absolute Gasteiger partial charge is 0.481 e. The summed E-state index contributed by atoms with van der Waals surface area (Å²) in [6.45, 7) is 16.0. The summed E-state index contributed by atoms with van der Waals surface area (Å²) in [4.78, 5) is 31.1. The van der Waals surface area contributed by atoms with E-state index in [1.807, 2.05) is 41.5 Å². The van der Waals surface area contributed by atoms with Gasteiger partial charge in [0, 0.05) is 30.5 Å². The van der Waals surface area contributed by atoms with Gasteiger partial charge in [-0.1, -0.05) is 41.5 Å². The first-order valence-corrected chi connectivity index (χ1v) is 12.3. The van der Waals surface area contributed by atoms with Crippen LogP contribution >= 0.6 is 15.9 Å². The number of carbonyl (C=O) groups is 2. The number of halogens is 2. The number of amides is 1. The molecule has 34 heavy (non-hydrogen) atoms. The second-order valence-corrected chi connectivity index (χ2v) is 13.1. The molecule has 7 nitrogen and oxygen atoms in total. The van der Waals surface area contributed by atoms with Crippen molar-refractivity contribution < 1.29 is 29.3 Å². The predicted molar refractivity (Wildman–Crippen MR) is 131 cm³/mol. The summed E-state index contributed by atoms with van der Waals surface area (Å²) in [7, 11) is 0. The molecule has 0 bridgehead atoms. The molecule has 4 atom stereocenters. The molecule has 2 heterocycles. The number of rotatable bonds is 4. The Balaban J connectivity index is 2.92. The van der Waals surface area contributed by atoms with Crippen molar-refractivity contribution in [3.05, 3.63) is 27.7 Å². The summed E-state index contributed by atoms with van der Waals surface area (Å²) in [5, 5.41) is 31.3. The lowest BCUT2D eigenvalue weighted by atomic mass is 9.48. The molecule has 0 aliphatic carbocycles. The Morgan fingerprint density at radius 3 is 2.06 bits per heavy atom. The highest BCUT2D eigenvalue weighted by Crippen LogP contribution is 2.58. The Kier molecular flexibility index (Phi) is 7.58. The third-order valence-corrected chi connectivity index (χ3v) is 7.67. The number of aromatic nitrogens is 1. The number of pyridine rings is 1. The second kappa shape index (κ2) is 9.04. The Morgan fingerprint density at radius 1 is 1.15 bits per heavy atom. The lowest BCUT2D eigenvalue weighted by Gasteiger charge is -2.60. The molecule has 0 aromatic carbocycles. The maximum absolute atomic E-state index is 15.7. The molecule has 1 aromatic rings. The van der Waals surface area contributed by atoms with E-state index in [1.54, 1.807) is 6.92 Å². The van der Waals surface area contributed by atoms with Crippen LogP contribution < -0.4 is 0 Å². The molecule has 1 saturated heterocycles. The van der Waals surface area contributed by atoms with E-state index in [1.165, 1.54) is 24.8 Å². The predicted octanol–water partition coefficient (Wildman–Crippen LogP) is 5.53. The topological polar surface area (TPSA) is 111 Å². The van der Waals surface area contributed by atoms with Crippen LogP contribution in [0.15, 0.2) is 10.7 Å². The molecule has 0 saturated carbocycles. The quantitative estimate of drug-likeness (QED) is 0.429. The van der Waals surface area contributed by atoms with Crippen LogP contribution in [0.2, 0.25) is 0 Å². The fourth-order valence-corrected chi connectivity index (χ4v) is 6.57. The molecule has 1 aliphatic heterocycles. The smallest absolute Gasteiger partial charge is 0.407 e. The van der Waals surface area contributed by atoms with Crippen LogP contribution in [0, 0.1) is 33.9 Å². The zero-order valence-electron chi connectivity index (χ0n) is 21.5. The fourth-order valence-electron chi connectivity index (χ4n) is 6.13. The van der Waals surface area contributed by atoms with E-state index in [0.29, 0.717) is 0 Å². The molecule has 2 rings (SSSR count). The van der Waals surface area contributed by atoms with Crippen molar-refractivity contribution in [1.29, 1.82) is 0 Å². The number of carboxylic acid groups (broad SMARTS) is 2. The standard InChI is InChI=1S/C25H38BrFN2O5/c1-13-19(23(5,6)7)25(20(30)31,16(22(2,3)4)12-29(13)21(32)33)11-15-18(27)14(24(8,9)34)10-17(26)28-15/h10,13,16,19,34H,11-12H2,1-9H3,(H,30,31)(H,32,33)/t13-,16?,19?,25-/m1/s1. The minimum atomic E-state index is -1.52. The van der Waals surface area contributed by atoms with Crippen LogP contribution in [0.4, 0.5) is 9.18 Å². The van der Waals surface area contributed by atoms with Crippen molar-refractivity contribution in [2.75, 3.05) is 6.54 Å². The monoisotopic (exact) mass is 544 g/mol. The minimum absolute atomic E-state index is 0.00680. The molecule has 1 fully saturated rings. The first kappa shape index (κ1) is 28.5. The highest BCUT2D eigenvalue weighted by Gasteiger charge is 2.64. The normalized spacial score (nSPS) is 26.5. The Bertz CT molecular complexity index is 964. The summed E-state index contributed by atoms with van der Waals surface area (Å²) in [6, 6.07) is 0.765. The van der Waals surface area contributed by atoms with Crippen molar-refractivity contribution in [2.24, 2.45) is 28.1 Å². The van der Waals surface area contributed by atoms with E-state index in [9.17, 15) is 24.9 Å². The van der Waals surface area contributed by atoms with Gasteiger partial charge in [0.2, 0.25) is 0 Å². The number of nitrogens with zero attached hydrogens (tertiary/aromatic N) is 2. The first-order chi connectivity index (χ1) is 15.2. The van der Waals surface area contributed by atoms with Gasteiger partial charge < -0.3 is 20.2 Å². The summed E-state index contributed by atoms with van der Waals surface area (Å²) >= 11 is 3.29. The third kappa shape index (κ3) is 5.10. The van der Waals surface area contributed by atoms with Crippen molar-refractivity contribution in [1.82, 2.24) is 9.88 Å². The first-order valence-electron chi connectivity index (χ1n) is 11.5. The third-order valence-electron chi connectivity index (χ3n) is 7.27. The molecular formula is C25H38BrFN2O5. The average molecular weight is 545 g/mol. The lowest BCUT2D eigenvalue weighted by Crippen LogP contribution is -2.68. The van der Waals surface area contributed by atoms with E-state index < -0.39 is 57.6 Å². The van der Waals surface area contributed by atoms with Gasteiger partial charge in [0.1, 0.15) is 4.60 Å². The highest BCUT2D eigenvalue weighted by atomic mass is 79.9. The zero-order valence-corrected chi connectivity index (χ0v) is 23.1. The Labute approximate surface area is 209 Å². The molecule has 1 aromatic heterocycles. The maximum Gasteiger partial charge on any atom is 0.407 e. The van der Waals surface area contributed by atoms with Crippen LogP contribution in [0.25, 0.3) is 0 Å². The van der Waals surface area contributed by atoms with Crippen molar-refractivity contribution >= 4 is 28.0 Å². The fraction of sp³-hybridized carbons (Fsp3) is 0.720. The number of aliphatic hydroxyl groups is 1. The van der Waals surface area contributed by atoms with Gasteiger partial charge in [0.15, 0.2) is 5.82 Å². The van der Waals surface area contributed by atoms with E-state index in [0.717, 1.165) is 0 Å². The molecule has 9 heteroatoms. The summed E-state index contributed by atoms with van der Waals surface area (Å²) in [5.41, 5.74) is -4.32. The van der Waals surface area contributed by atoms with Gasteiger partial charge in [-0.15, -0.1) is 0 Å². The molecule has 1 aliphatic rings. The average Bonchev–Trinajstić information content (AvgIpc) is 2.60. The van der Waals surface area contributed by atoms with Crippen LogP contribution in [0.5, 0.6) is 0 Å². The Hall–Kier alpha value is -1.74. The number of piperidine rings is 1. The molecule has 192 valence electrons. The number of likely N-dealkylation sites (tertiary alicyclic amines) is 1. The van der Waals surface area contributed by atoms with Crippen LogP contribution in [0.3, 0.4) is 0 Å². The molecule has 2 unspecified atom stereocenters. The second-order valence-electron chi connectivity index (χ2n) is 12.3. The zero-order chi connectivity index (χ0) is 26.6. The Morgan fingerprint density at radius 2 is 1.68 bits per heavy atom. The lowest BCUT2D eigenvalue weighted by molar-refractivity contribution is -0.184. The van der Waals surface area contributed by atoms with Gasteiger partial charge in [-0.3, -0.25) is 4.79 Å². The van der Waals surface area contributed by atoms with Crippen LogP contribution in [-0.2, 0) is 16.8 Å². The summed E-state index contributed by atoms with van der Waals surface area (Å²) in [6.07, 6.45) is -1.34. The molecule has 0 radical (unpaired) electrons. The number of hydrogen-bond acceptors (Lipinski definition) is 4. The van der Waals surface area contributed by atoms with Gasteiger partial charge in [0.05, 0.1) is 16.7 Å². The molecular weight excluding hydrogens is 507 g/mol. The van der Waals surface area contributed by atoms with E-state index in [2.05, 4.69) is 20.9 Å². The van der Waals surface area contributed by atoms with E-state index in [-0.39, 0.29) is 28.8 Å². The highest BCUT2D eigenvalue weighted by molar-refractivity contribution is 9.10. The van der Waals surface area contributed by atoms with Crippen LogP contribution in [-0.4, -0.2) is 49.9 Å². The van der Waals surface area contributed by atoms with E-state index >= 15 is 4.39 Å². The number of hydrogen-bond donors (Lipinski definition) is 3. The van der Waals surface area contributed by atoms with Crippen molar-refractivity contribution in [2.45, 2.75) is 80.4 Å². The van der Waals surface area contributed by atoms with Gasteiger partial charge in [-0.2, -0.15) is 0 Å². The van der Waals surface area contributed by atoms with E-state index in [4.69, 9.17) is 0 Å². The summed E-state index contributed by atoms with van der Waals surface area (Å²) in [5.74, 6) is -3.14. The van der Waals surface area contributed by atoms with Crippen molar-refractivity contribution in [3.8, 4) is 0 Å². The SMILES string of the molecule is C[C@@H]1C(C(C)(C)C)[C@](Cc2nc(Br)cc(C(C)(C)O)c2F)(C(=O)O)C(C(C)(C)C)CN1C(=O)O. The molecule has 1 amide bonds. The number of aliphatic carboxylic acids is 1. The van der Waals surface area contributed by atoms with Crippen molar-refractivity contribution in [3.63, 3.8) is 0 Å². The van der Waals surface area contributed by atoms with Gasteiger partial charge in [0.25, 0.3) is 0 Å². The van der Waals surface area contributed by atoms with Gasteiger partial charge >= 0.3 is 12.1 Å². The van der Waals surface area contributed by atoms with Gasteiger partial charge in [-0.25, -0.2) is 14.2 Å². The van der Waals surface area contributed by atoms with Crippen LogP contribution in [0.1, 0.15) is 73.6 Å². The van der Waals surface area contributed by atoms with Gasteiger partial charge in [-0.05, 0) is 59.5 Å². The number of carboxylic acids is 1.